The summed E-state index contributed by atoms with van der Waals surface area (Å²) in [4.78, 5) is 25.8. The number of carbonyl (C=O) groups excluding carboxylic acids is 2. The maximum Gasteiger partial charge on any atom is 0.262 e. The Labute approximate surface area is 162 Å². The second kappa shape index (κ2) is 9.87. The highest BCUT2D eigenvalue weighted by Crippen LogP contribution is 2.14. The molecule has 0 aromatic heterocycles. The van der Waals surface area contributed by atoms with Gasteiger partial charge in [0.15, 0.2) is 0 Å². The third-order valence-corrected chi connectivity index (χ3v) is 4.60. The van der Waals surface area contributed by atoms with E-state index in [1.165, 1.54) is 24.4 Å². The van der Waals surface area contributed by atoms with Crippen molar-refractivity contribution in [3.63, 3.8) is 0 Å². The molecular formula is C20H22FN3O2S. The van der Waals surface area contributed by atoms with Crippen molar-refractivity contribution in [3.05, 3.63) is 65.5 Å². The summed E-state index contributed by atoms with van der Waals surface area (Å²) >= 11 is 1.64. The molecule has 2 N–H and O–H groups in total. The van der Waals surface area contributed by atoms with Gasteiger partial charge < -0.3 is 5.32 Å². The maximum absolute atomic E-state index is 13.8. The molecule has 0 fully saturated rings. The van der Waals surface area contributed by atoms with Crippen LogP contribution in [-0.4, -0.2) is 30.3 Å². The number of nitrogens with one attached hydrogen (secondary N) is 2. The van der Waals surface area contributed by atoms with Crippen molar-refractivity contribution in [2.24, 2.45) is 11.0 Å². The van der Waals surface area contributed by atoms with Crippen LogP contribution in [0.1, 0.15) is 29.8 Å². The maximum atomic E-state index is 13.8. The van der Waals surface area contributed by atoms with Gasteiger partial charge in [-0.15, -0.1) is 11.8 Å². The Hall–Kier alpha value is -2.67. The van der Waals surface area contributed by atoms with Crippen LogP contribution in [0.2, 0.25) is 0 Å². The second-order valence-electron chi connectivity index (χ2n) is 6.18. The predicted molar refractivity (Wildman–Crippen MR) is 106 cm³/mol. The van der Waals surface area contributed by atoms with E-state index in [0.29, 0.717) is 0 Å². The minimum atomic E-state index is -0.840. The fourth-order valence-corrected chi connectivity index (χ4v) is 2.74. The van der Waals surface area contributed by atoms with Crippen LogP contribution in [0.4, 0.5) is 4.39 Å². The summed E-state index contributed by atoms with van der Waals surface area (Å²) in [5.41, 5.74) is 3.16. The minimum absolute atomic E-state index is 0.103. The molecule has 5 nitrogen and oxygen atoms in total. The molecule has 0 aliphatic carbocycles. The molecule has 2 aromatic carbocycles. The molecule has 27 heavy (non-hydrogen) atoms. The molecular weight excluding hydrogens is 365 g/mol. The highest BCUT2D eigenvalue weighted by molar-refractivity contribution is 7.98. The molecule has 0 aliphatic heterocycles. The molecule has 7 heteroatoms. The summed E-state index contributed by atoms with van der Waals surface area (Å²) in [6.45, 7) is 3.58. The van der Waals surface area contributed by atoms with Crippen molar-refractivity contribution in [3.8, 4) is 0 Å². The lowest BCUT2D eigenvalue weighted by molar-refractivity contribution is -0.123. The Kier molecular flexibility index (Phi) is 7.55. The fraction of sp³-hybridized carbons (Fsp3) is 0.250. The molecule has 0 spiro atoms. The zero-order chi connectivity index (χ0) is 19.8. The first-order chi connectivity index (χ1) is 12.9. The molecule has 2 rings (SSSR count). The topological polar surface area (TPSA) is 70.6 Å². The van der Waals surface area contributed by atoms with E-state index >= 15 is 0 Å². The molecule has 1 unspecified atom stereocenters. The molecule has 142 valence electrons. The lowest BCUT2D eigenvalue weighted by Gasteiger charge is -2.20. The zero-order valence-electron chi connectivity index (χ0n) is 15.4. The van der Waals surface area contributed by atoms with Crippen molar-refractivity contribution >= 4 is 29.8 Å². The molecule has 0 radical (unpaired) electrons. The number of hydrogen-bond acceptors (Lipinski definition) is 4. The van der Waals surface area contributed by atoms with Crippen molar-refractivity contribution in [2.45, 2.75) is 24.8 Å². The van der Waals surface area contributed by atoms with Gasteiger partial charge in [-0.1, -0.05) is 38.1 Å². The molecule has 2 amide bonds. The van der Waals surface area contributed by atoms with Crippen LogP contribution >= 0.6 is 11.8 Å². The largest absolute Gasteiger partial charge is 0.340 e. The van der Waals surface area contributed by atoms with Crippen LogP contribution in [0, 0.1) is 11.7 Å². The summed E-state index contributed by atoms with van der Waals surface area (Å²) < 4.78 is 13.8. The molecule has 2 aromatic rings. The van der Waals surface area contributed by atoms with E-state index in [2.05, 4.69) is 15.8 Å². The molecule has 0 saturated heterocycles. The van der Waals surface area contributed by atoms with E-state index in [0.717, 1.165) is 10.5 Å². The summed E-state index contributed by atoms with van der Waals surface area (Å²) in [5.74, 6) is -1.94. The predicted octanol–water partition coefficient (Wildman–Crippen LogP) is 3.45. The number of rotatable bonds is 7. The van der Waals surface area contributed by atoms with E-state index in [1.807, 2.05) is 30.5 Å². The van der Waals surface area contributed by atoms with E-state index in [1.54, 1.807) is 31.7 Å². The Morgan fingerprint density at radius 3 is 2.37 bits per heavy atom. The minimum Gasteiger partial charge on any atom is -0.340 e. The third-order valence-electron chi connectivity index (χ3n) is 3.86. The van der Waals surface area contributed by atoms with Gasteiger partial charge in [0.1, 0.15) is 11.9 Å². The number of carbonyl (C=O) groups is 2. The van der Waals surface area contributed by atoms with Gasteiger partial charge in [0.05, 0.1) is 11.8 Å². The van der Waals surface area contributed by atoms with Crippen LogP contribution in [0.15, 0.2) is 58.5 Å². The first kappa shape index (κ1) is 20.6. The van der Waals surface area contributed by atoms with Crippen molar-refractivity contribution in [2.75, 3.05) is 6.26 Å². The highest BCUT2D eigenvalue weighted by atomic mass is 32.2. The first-order valence-electron chi connectivity index (χ1n) is 8.44. The Bertz CT molecular complexity index is 822. The van der Waals surface area contributed by atoms with E-state index in [4.69, 9.17) is 0 Å². The number of thioether (sulfide) groups is 1. The normalized spacial score (nSPS) is 12.2. The first-order valence-corrected chi connectivity index (χ1v) is 9.67. The Balaban J connectivity index is 2.00. The van der Waals surface area contributed by atoms with Gasteiger partial charge in [-0.3, -0.25) is 9.59 Å². The number of halogens is 1. The molecule has 1 atom stereocenters. The van der Waals surface area contributed by atoms with Gasteiger partial charge in [-0.25, -0.2) is 9.82 Å². The van der Waals surface area contributed by atoms with Gasteiger partial charge in [0.25, 0.3) is 11.8 Å². The van der Waals surface area contributed by atoms with Gasteiger partial charge in [-0.05, 0) is 42.0 Å². The summed E-state index contributed by atoms with van der Waals surface area (Å²) in [6, 6.07) is 12.5. The van der Waals surface area contributed by atoms with Crippen LogP contribution in [0.3, 0.4) is 0 Å². The van der Waals surface area contributed by atoms with Crippen LogP contribution in [-0.2, 0) is 4.79 Å². The number of hydrogen-bond donors (Lipinski definition) is 2. The van der Waals surface area contributed by atoms with Gasteiger partial charge in [-0.2, -0.15) is 5.10 Å². The zero-order valence-corrected chi connectivity index (χ0v) is 16.2. The molecule has 0 saturated carbocycles. The highest BCUT2D eigenvalue weighted by Gasteiger charge is 2.25. The van der Waals surface area contributed by atoms with Crippen molar-refractivity contribution in [1.82, 2.24) is 10.7 Å². The second-order valence-corrected chi connectivity index (χ2v) is 7.06. The lowest BCUT2D eigenvalue weighted by Crippen LogP contribution is -2.48. The van der Waals surface area contributed by atoms with Gasteiger partial charge >= 0.3 is 0 Å². The smallest absolute Gasteiger partial charge is 0.262 e. The van der Waals surface area contributed by atoms with Crippen LogP contribution in [0.5, 0.6) is 0 Å². The number of benzene rings is 2. The summed E-state index contributed by atoms with van der Waals surface area (Å²) in [5, 5.41) is 6.51. The average molecular weight is 387 g/mol. The Morgan fingerprint density at radius 1 is 1.11 bits per heavy atom. The lowest BCUT2D eigenvalue weighted by atomic mass is 10.0. The van der Waals surface area contributed by atoms with Crippen LogP contribution < -0.4 is 10.7 Å². The van der Waals surface area contributed by atoms with E-state index < -0.39 is 23.7 Å². The number of hydrazone groups is 1. The SMILES string of the molecule is CSc1ccc(/C=N/NC(=O)C(NC(=O)c2ccccc2F)C(C)C)cc1. The summed E-state index contributed by atoms with van der Waals surface area (Å²) in [6.07, 6.45) is 3.52. The van der Waals surface area contributed by atoms with Gasteiger partial charge in [0, 0.05) is 4.90 Å². The molecule has 0 aliphatic rings. The fourth-order valence-electron chi connectivity index (χ4n) is 2.33. The number of amides is 2. The van der Waals surface area contributed by atoms with Crippen molar-refractivity contribution in [1.29, 1.82) is 0 Å². The average Bonchev–Trinajstić information content (AvgIpc) is 2.66. The van der Waals surface area contributed by atoms with E-state index in [9.17, 15) is 14.0 Å². The van der Waals surface area contributed by atoms with Crippen molar-refractivity contribution < 1.29 is 14.0 Å². The van der Waals surface area contributed by atoms with Gasteiger partial charge in [0.2, 0.25) is 0 Å². The summed E-state index contributed by atoms with van der Waals surface area (Å²) in [7, 11) is 0. The van der Waals surface area contributed by atoms with Crippen LogP contribution in [0.25, 0.3) is 0 Å². The standard InChI is InChI=1S/C20H22FN3O2S/c1-13(2)18(23-19(25)16-6-4-5-7-17(16)21)20(26)24-22-12-14-8-10-15(27-3)11-9-14/h4-13,18H,1-3H3,(H,23,25)(H,24,26)/b22-12+. The van der Waals surface area contributed by atoms with E-state index in [-0.39, 0.29) is 11.5 Å². The molecule has 0 heterocycles. The Morgan fingerprint density at radius 2 is 1.78 bits per heavy atom. The monoisotopic (exact) mass is 387 g/mol. The quantitative estimate of drug-likeness (QED) is 0.434. The number of nitrogens with zero attached hydrogens (tertiary/aromatic N) is 1. The molecule has 0 bridgehead atoms. The third kappa shape index (κ3) is 5.92.